The molecule has 0 aliphatic carbocycles. The summed E-state index contributed by atoms with van der Waals surface area (Å²) in [6.45, 7) is 3.32. The van der Waals surface area contributed by atoms with Gasteiger partial charge < -0.3 is 4.90 Å². The molecule has 0 atom stereocenters. The molecule has 104 valence electrons. The molecule has 1 saturated heterocycles. The first-order chi connectivity index (χ1) is 8.88. The van der Waals surface area contributed by atoms with Crippen molar-refractivity contribution in [3.8, 4) is 0 Å². The lowest BCUT2D eigenvalue weighted by molar-refractivity contribution is 0.0792. The average molecular weight is 282 g/mol. The Morgan fingerprint density at radius 2 is 1.89 bits per heavy atom. The smallest absolute Gasteiger partial charge is 0.254 e. The maximum atomic E-state index is 12.3. The van der Waals surface area contributed by atoms with Crippen LogP contribution in [0.2, 0.25) is 0 Å². The van der Waals surface area contributed by atoms with Gasteiger partial charge in [0.1, 0.15) is 0 Å². The molecule has 0 bridgehead atoms. The molecular weight excluding hydrogens is 264 g/mol. The Hall–Kier alpha value is -1.56. The number of benzene rings is 1. The van der Waals surface area contributed by atoms with E-state index >= 15 is 0 Å². The number of hydrogen-bond acceptors (Lipinski definition) is 3. The van der Waals surface area contributed by atoms with Gasteiger partial charge in [0.2, 0.25) is 10.0 Å². The SMILES string of the molecule is Cc1c(NS(C)(=O)=O)cccc1C(=O)N1CCCC1. The van der Waals surface area contributed by atoms with Gasteiger partial charge in [-0.05, 0) is 37.5 Å². The van der Waals surface area contributed by atoms with E-state index in [1.807, 2.05) is 4.90 Å². The van der Waals surface area contributed by atoms with Crippen LogP contribution in [0.3, 0.4) is 0 Å². The molecule has 0 radical (unpaired) electrons. The Balaban J connectivity index is 2.31. The lowest BCUT2D eigenvalue weighted by Gasteiger charge is -2.18. The van der Waals surface area contributed by atoms with Gasteiger partial charge in [-0.1, -0.05) is 6.07 Å². The van der Waals surface area contributed by atoms with E-state index in [1.165, 1.54) is 0 Å². The van der Waals surface area contributed by atoms with Crippen LogP contribution in [0.15, 0.2) is 18.2 Å². The number of nitrogens with zero attached hydrogens (tertiary/aromatic N) is 1. The van der Waals surface area contributed by atoms with Crippen LogP contribution >= 0.6 is 0 Å². The Bertz CT molecular complexity index is 590. The van der Waals surface area contributed by atoms with E-state index in [0.717, 1.165) is 32.2 Å². The minimum Gasteiger partial charge on any atom is -0.339 e. The highest BCUT2D eigenvalue weighted by Crippen LogP contribution is 2.22. The van der Waals surface area contributed by atoms with Gasteiger partial charge in [-0.2, -0.15) is 0 Å². The summed E-state index contributed by atoms with van der Waals surface area (Å²) in [7, 11) is -3.34. The van der Waals surface area contributed by atoms with Gasteiger partial charge in [0.25, 0.3) is 5.91 Å². The number of carbonyl (C=O) groups excluding carboxylic acids is 1. The summed E-state index contributed by atoms with van der Waals surface area (Å²) in [6.07, 6.45) is 3.17. The van der Waals surface area contributed by atoms with E-state index < -0.39 is 10.0 Å². The first-order valence-corrected chi connectivity index (χ1v) is 8.14. The van der Waals surface area contributed by atoms with Crippen molar-refractivity contribution in [1.82, 2.24) is 4.90 Å². The number of carbonyl (C=O) groups is 1. The maximum Gasteiger partial charge on any atom is 0.254 e. The van der Waals surface area contributed by atoms with E-state index in [4.69, 9.17) is 0 Å². The first-order valence-electron chi connectivity index (χ1n) is 6.25. The lowest BCUT2D eigenvalue weighted by atomic mass is 10.1. The van der Waals surface area contributed by atoms with Crippen LogP contribution in [0.25, 0.3) is 0 Å². The number of amides is 1. The van der Waals surface area contributed by atoms with Gasteiger partial charge in [0.15, 0.2) is 0 Å². The monoisotopic (exact) mass is 282 g/mol. The summed E-state index contributed by atoms with van der Waals surface area (Å²) in [5.74, 6) is -0.0212. The summed E-state index contributed by atoms with van der Waals surface area (Å²) >= 11 is 0. The number of anilines is 1. The molecule has 6 heteroatoms. The van der Waals surface area contributed by atoms with Gasteiger partial charge in [0.05, 0.1) is 11.9 Å². The molecule has 5 nitrogen and oxygen atoms in total. The molecule has 1 aliphatic rings. The second-order valence-electron chi connectivity index (χ2n) is 4.85. The Labute approximate surface area is 113 Å². The normalized spacial score (nSPS) is 15.6. The van der Waals surface area contributed by atoms with Crippen LogP contribution in [-0.4, -0.2) is 38.6 Å². The summed E-state index contributed by atoms with van der Waals surface area (Å²) < 4.78 is 25.0. The van der Waals surface area contributed by atoms with Crippen molar-refractivity contribution in [3.63, 3.8) is 0 Å². The molecule has 1 aliphatic heterocycles. The molecule has 1 N–H and O–H groups in total. The van der Waals surface area contributed by atoms with E-state index in [2.05, 4.69) is 4.72 Å². The van der Waals surface area contributed by atoms with Crippen molar-refractivity contribution >= 4 is 21.6 Å². The first kappa shape index (κ1) is 13.9. The summed E-state index contributed by atoms with van der Waals surface area (Å²) in [4.78, 5) is 14.1. The topological polar surface area (TPSA) is 66.5 Å². The molecule has 0 saturated carbocycles. The van der Waals surface area contributed by atoms with E-state index in [1.54, 1.807) is 25.1 Å². The summed E-state index contributed by atoms with van der Waals surface area (Å²) in [5.41, 5.74) is 1.70. The van der Waals surface area contributed by atoms with Crippen molar-refractivity contribution in [2.75, 3.05) is 24.1 Å². The molecule has 2 rings (SSSR count). The lowest BCUT2D eigenvalue weighted by Crippen LogP contribution is -2.28. The fraction of sp³-hybridized carbons (Fsp3) is 0.462. The Morgan fingerprint density at radius 1 is 1.26 bits per heavy atom. The molecular formula is C13H18N2O3S. The van der Waals surface area contributed by atoms with E-state index in [-0.39, 0.29) is 5.91 Å². The molecule has 19 heavy (non-hydrogen) atoms. The molecule has 1 amide bonds. The third-order valence-corrected chi connectivity index (χ3v) is 3.84. The van der Waals surface area contributed by atoms with Crippen LogP contribution in [0.4, 0.5) is 5.69 Å². The van der Waals surface area contributed by atoms with Gasteiger partial charge in [-0.15, -0.1) is 0 Å². The quantitative estimate of drug-likeness (QED) is 0.915. The molecule has 0 spiro atoms. The maximum absolute atomic E-state index is 12.3. The molecule has 1 fully saturated rings. The van der Waals surface area contributed by atoms with E-state index in [9.17, 15) is 13.2 Å². The van der Waals surface area contributed by atoms with Gasteiger partial charge in [0, 0.05) is 18.7 Å². The molecule has 0 aromatic heterocycles. The van der Waals surface area contributed by atoms with E-state index in [0.29, 0.717) is 16.8 Å². The zero-order chi connectivity index (χ0) is 14.0. The largest absolute Gasteiger partial charge is 0.339 e. The number of nitrogens with one attached hydrogen (secondary N) is 1. The highest BCUT2D eigenvalue weighted by atomic mass is 32.2. The van der Waals surface area contributed by atoms with Crippen molar-refractivity contribution in [3.05, 3.63) is 29.3 Å². The minimum absolute atomic E-state index is 0.0212. The predicted octanol–water partition coefficient (Wildman–Crippen LogP) is 1.60. The van der Waals surface area contributed by atoms with Crippen LogP contribution in [0, 0.1) is 6.92 Å². The zero-order valence-electron chi connectivity index (χ0n) is 11.1. The third kappa shape index (κ3) is 3.26. The Morgan fingerprint density at radius 3 is 2.47 bits per heavy atom. The predicted molar refractivity (Wildman–Crippen MR) is 74.8 cm³/mol. The number of sulfonamides is 1. The average Bonchev–Trinajstić information content (AvgIpc) is 2.83. The van der Waals surface area contributed by atoms with Crippen molar-refractivity contribution in [2.45, 2.75) is 19.8 Å². The second kappa shape index (κ2) is 5.21. The van der Waals surface area contributed by atoms with Crippen LogP contribution in [-0.2, 0) is 10.0 Å². The van der Waals surface area contributed by atoms with Crippen molar-refractivity contribution < 1.29 is 13.2 Å². The number of likely N-dealkylation sites (tertiary alicyclic amines) is 1. The van der Waals surface area contributed by atoms with Crippen molar-refractivity contribution in [1.29, 1.82) is 0 Å². The van der Waals surface area contributed by atoms with Crippen LogP contribution in [0.5, 0.6) is 0 Å². The fourth-order valence-electron chi connectivity index (χ4n) is 2.27. The molecule has 1 heterocycles. The minimum atomic E-state index is -3.34. The Kier molecular flexibility index (Phi) is 3.80. The summed E-state index contributed by atoms with van der Waals surface area (Å²) in [6, 6.07) is 5.10. The fourth-order valence-corrected chi connectivity index (χ4v) is 2.89. The highest BCUT2D eigenvalue weighted by molar-refractivity contribution is 7.92. The highest BCUT2D eigenvalue weighted by Gasteiger charge is 2.22. The molecule has 0 unspecified atom stereocenters. The third-order valence-electron chi connectivity index (χ3n) is 3.25. The van der Waals surface area contributed by atoms with Gasteiger partial charge >= 0.3 is 0 Å². The van der Waals surface area contributed by atoms with Crippen LogP contribution < -0.4 is 4.72 Å². The zero-order valence-corrected chi connectivity index (χ0v) is 12.0. The number of rotatable bonds is 3. The molecule has 1 aromatic rings. The van der Waals surface area contributed by atoms with Crippen LogP contribution in [0.1, 0.15) is 28.8 Å². The summed E-state index contributed by atoms with van der Waals surface area (Å²) in [5, 5.41) is 0. The van der Waals surface area contributed by atoms with Gasteiger partial charge in [-0.3, -0.25) is 9.52 Å². The van der Waals surface area contributed by atoms with Crippen molar-refractivity contribution in [2.24, 2.45) is 0 Å². The number of hydrogen-bond donors (Lipinski definition) is 1. The van der Waals surface area contributed by atoms with Gasteiger partial charge in [-0.25, -0.2) is 8.42 Å². The second-order valence-corrected chi connectivity index (χ2v) is 6.60. The standard InChI is InChI=1S/C13H18N2O3S/c1-10-11(13(16)15-8-3-4-9-15)6-5-7-12(10)14-19(2,17)18/h5-7,14H,3-4,8-9H2,1-2H3. The molecule has 1 aromatic carbocycles.